The van der Waals surface area contributed by atoms with Crippen molar-refractivity contribution in [2.75, 3.05) is 6.61 Å². The number of allylic oxidation sites excluding steroid dienone is 1. The first-order valence-corrected chi connectivity index (χ1v) is 12.1. The molecule has 2 atom stereocenters. The van der Waals surface area contributed by atoms with Gasteiger partial charge in [0, 0.05) is 12.0 Å². The third kappa shape index (κ3) is 6.94. The number of carboxylic acid groups (broad SMARTS) is 1. The summed E-state index contributed by atoms with van der Waals surface area (Å²) in [5, 5.41) is 14.6. The van der Waals surface area contributed by atoms with Crippen molar-refractivity contribution in [1.82, 2.24) is 10.6 Å². The predicted molar refractivity (Wildman–Crippen MR) is 135 cm³/mol. The second-order valence-electron chi connectivity index (χ2n) is 9.13. The number of hydrogen-bond acceptors (Lipinski definition) is 4. The maximum absolute atomic E-state index is 12.9. The van der Waals surface area contributed by atoms with Crippen LogP contribution in [0.3, 0.4) is 0 Å². The van der Waals surface area contributed by atoms with Crippen LogP contribution in [0.5, 0.6) is 0 Å². The van der Waals surface area contributed by atoms with Crippen LogP contribution in [0.4, 0.5) is 4.79 Å². The highest BCUT2D eigenvalue weighted by Gasteiger charge is 2.30. The normalized spacial score (nSPS) is 13.7. The topological polar surface area (TPSA) is 105 Å². The molecule has 7 heteroatoms. The number of hydrogen-bond donors (Lipinski definition) is 3. The van der Waals surface area contributed by atoms with Gasteiger partial charge in [-0.1, -0.05) is 73.5 Å². The van der Waals surface area contributed by atoms with E-state index >= 15 is 0 Å². The highest BCUT2D eigenvalue weighted by molar-refractivity contribution is 5.86. The van der Waals surface area contributed by atoms with Gasteiger partial charge in [-0.25, -0.2) is 4.79 Å². The smallest absolute Gasteiger partial charge is 0.407 e. The summed E-state index contributed by atoms with van der Waals surface area (Å²) in [5.41, 5.74) is 5.50. The van der Waals surface area contributed by atoms with Crippen molar-refractivity contribution in [3.8, 4) is 11.1 Å². The molecule has 0 radical (unpaired) electrons. The second-order valence-corrected chi connectivity index (χ2v) is 9.13. The van der Waals surface area contributed by atoms with Gasteiger partial charge in [-0.15, -0.1) is 0 Å². The number of ether oxygens (including phenoxy) is 1. The van der Waals surface area contributed by atoms with Crippen LogP contribution in [-0.2, 0) is 14.3 Å². The van der Waals surface area contributed by atoms with E-state index in [-0.39, 0.29) is 25.4 Å². The molecule has 0 bridgehead atoms. The van der Waals surface area contributed by atoms with Crippen molar-refractivity contribution < 1.29 is 24.2 Å². The summed E-state index contributed by atoms with van der Waals surface area (Å²) in [5.74, 6) is -1.48. The number of benzene rings is 2. The van der Waals surface area contributed by atoms with Crippen molar-refractivity contribution in [2.45, 2.75) is 64.5 Å². The molecule has 3 N–H and O–H groups in total. The van der Waals surface area contributed by atoms with Crippen LogP contribution in [0.2, 0.25) is 0 Å². The van der Waals surface area contributed by atoms with E-state index in [1.807, 2.05) is 63.2 Å². The van der Waals surface area contributed by atoms with Crippen LogP contribution < -0.4 is 10.6 Å². The molecule has 0 spiro atoms. The first kappa shape index (κ1) is 26.0. The lowest BCUT2D eigenvalue weighted by Crippen LogP contribution is -2.50. The van der Waals surface area contributed by atoms with E-state index in [0.717, 1.165) is 34.2 Å². The lowest BCUT2D eigenvalue weighted by atomic mass is 9.98. The number of aliphatic carboxylic acids is 1. The summed E-state index contributed by atoms with van der Waals surface area (Å²) in [6.45, 7) is 5.89. The number of fused-ring (bicyclic) bond motifs is 3. The van der Waals surface area contributed by atoms with Crippen molar-refractivity contribution in [1.29, 1.82) is 0 Å². The van der Waals surface area contributed by atoms with Crippen molar-refractivity contribution in [3.05, 3.63) is 71.3 Å². The molecule has 2 aromatic rings. The Morgan fingerprint density at radius 3 is 2.14 bits per heavy atom. The summed E-state index contributed by atoms with van der Waals surface area (Å²) in [6, 6.07) is 14.8. The molecule has 2 amide bonds. The molecule has 0 aliphatic heterocycles. The molecule has 2 aromatic carbocycles. The number of amides is 2. The van der Waals surface area contributed by atoms with Crippen LogP contribution in [0.15, 0.2) is 60.2 Å². The lowest BCUT2D eigenvalue weighted by molar-refractivity contribution is -0.137. The Hall–Kier alpha value is -3.61. The third-order valence-corrected chi connectivity index (χ3v) is 6.12. The Bertz CT molecular complexity index is 1040. The molecule has 35 heavy (non-hydrogen) atoms. The monoisotopic (exact) mass is 478 g/mol. The average Bonchev–Trinajstić information content (AvgIpc) is 3.13. The lowest BCUT2D eigenvalue weighted by Gasteiger charge is -2.22. The van der Waals surface area contributed by atoms with Crippen molar-refractivity contribution in [3.63, 3.8) is 0 Å². The highest BCUT2D eigenvalue weighted by atomic mass is 16.5. The second kappa shape index (κ2) is 12.2. The number of carboxylic acids is 1. The summed E-state index contributed by atoms with van der Waals surface area (Å²) in [7, 11) is 0. The number of carbonyl (C=O) groups is 3. The van der Waals surface area contributed by atoms with E-state index in [2.05, 4.69) is 22.8 Å². The molecule has 1 aliphatic rings. The minimum Gasteiger partial charge on any atom is -0.481 e. The van der Waals surface area contributed by atoms with Crippen LogP contribution in [0.1, 0.15) is 63.5 Å². The number of rotatable bonds is 11. The molecule has 1 unspecified atom stereocenters. The van der Waals surface area contributed by atoms with Gasteiger partial charge in [0.15, 0.2) is 0 Å². The molecule has 1 aliphatic carbocycles. The van der Waals surface area contributed by atoms with Crippen LogP contribution in [0, 0.1) is 0 Å². The first-order valence-electron chi connectivity index (χ1n) is 12.1. The zero-order chi connectivity index (χ0) is 25.4. The van der Waals surface area contributed by atoms with Crippen molar-refractivity contribution >= 4 is 18.0 Å². The fourth-order valence-electron chi connectivity index (χ4n) is 4.45. The fraction of sp³-hybridized carbons (Fsp3) is 0.393. The van der Waals surface area contributed by atoms with Gasteiger partial charge in [0.05, 0.1) is 6.42 Å². The predicted octanol–water partition coefficient (Wildman–Crippen LogP) is 5.01. The summed E-state index contributed by atoms with van der Waals surface area (Å²) in [6.07, 6.45) is 2.57. The van der Waals surface area contributed by atoms with E-state index in [1.54, 1.807) is 0 Å². The summed E-state index contributed by atoms with van der Waals surface area (Å²) < 4.78 is 5.60. The van der Waals surface area contributed by atoms with Gasteiger partial charge in [-0.3, -0.25) is 9.59 Å². The van der Waals surface area contributed by atoms with Gasteiger partial charge in [0.2, 0.25) is 5.91 Å². The summed E-state index contributed by atoms with van der Waals surface area (Å²) >= 11 is 0. The van der Waals surface area contributed by atoms with Gasteiger partial charge < -0.3 is 20.5 Å². The minimum atomic E-state index is -0.978. The van der Waals surface area contributed by atoms with Crippen LogP contribution in [0.25, 0.3) is 11.1 Å². The molecule has 186 valence electrons. The average molecular weight is 479 g/mol. The molecule has 0 heterocycles. The Balaban J connectivity index is 1.67. The van der Waals surface area contributed by atoms with E-state index < -0.39 is 30.1 Å². The standard InChI is InChI=1S/C28H34N2O5/c1-4-9-19(16-26(31)32)29-27(33)25(15-14-18(2)3)30-28(34)35-17-24-22-12-7-5-10-20(22)21-11-6-8-13-23(21)24/h5-8,10-14,19,24-25H,4,9,15-17H2,1-3H3,(H,29,33)(H,30,34)(H,31,32)/t19-,25?/m0/s1. The van der Waals surface area contributed by atoms with Gasteiger partial charge in [-0.05, 0) is 48.9 Å². The molecule has 0 fully saturated rings. The highest BCUT2D eigenvalue weighted by Crippen LogP contribution is 2.44. The third-order valence-electron chi connectivity index (χ3n) is 6.12. The number of nitrogens with one attached hydrogen (secondary N) is 2. The van der Waals surface area contributed by atoms with Crippen LogP contribution >= 0.6 is 0 Å². The Kier molecular flexibility index (Phi) is 9.06. The Morgan fingerprint density at radius 2 is 1.60 bits per heavy atom. The van der Waals surface area contributed by atoms with Gasteiger partial charge >= 0.3 is 12.1 Å². The molecule has 0 aromatic heterocycles. The maximum atomic E-state index is 12.9. The van der Waals surface area contributed by atoms with Gasteiger partial charge in [0.1, 0.15) is 12.6 Å². The van der Waals surface area contributed by atoms with E-state index in [0.29, 0.717) is 6.42 Å². The molecule has 7 nitrogen and oxygen atoms in total. The van der Waals surface area contributed by atoms with Crippen molar-refractivity contribution in [2.24, 2.45) is 0 Å². The first-order chi connectivity index (χ1) is 16.8. The van der Waals surface area contributed by atoms with E-state index in [9.17, 15) is 14.4 Å². The van der Waals surface area contributed by atoms with Gasteiger partial charge in [0.25, 0.3) is 0 Å². The SMILES string of the molecule is CCC[C@@H](CC(=O)O)NC(=O)C(CC=C(C)C)NC(=O)OCC1c2ccccc2-c2ccccc21. The number of alkyl carbamates (subject to hydrolysis) is 1. The molecular formula is C28H34N2O5. The van der Waals surface area contributed by atoms with Crippen LogP contribution in [-0.4, -0.2) is 41.8 Å². The zero-order valence-corrected chi connectivity index (χ0v) is 20.5. The Labute approximate surface area is 206 Å². The fourth-order valence-corrected chi connectivity index (χ4v) is 4.45. The largest absolute Gasteiger partial charge is 0.481 e. The number of carbonyl (C=O) groups excluding carboxylic acids is 2. The van der Waals surface area contributed by atoms with E-state index in [4.69, 9.17) is 9.84 Å². The quantitative estimate of drug-likeness (QED) is 0.394. The molecule has 0 saturated heterocycles. The maximum Gasteiger partial charge on any atom is 0.407 e. The molecular weight excluding hydrogens is 444 g/mol. The molecule has 0 saturated carbocycles. The molecule has 3 rings (SSSR count). The Morgan fingerprint density at radius 1 is 1.00 bits per heavy atom. The zero-order valence-electron chi connectivity index (χ0n) is 20.5. The summed E-state index contributed by atoms with van der Waals surface area (Å²) in [4.78, 5) is 36.9. The minimum absolute atomic E-state index is 0.0808. The van der Waals surface area contributed by atoms with E-state index in [1.165, 1.54) is 0 Å². The van der Waals surface area contributed by atoms with Gasteiger partial charge in [-0.2, -0.15) is 0 Å².